The van der Waals surface area contributed by atoms with E-state index in [2.05, 4.69) is 142 Å². The van der Waals surface area contributed by atoms with Crippen molar-refractivity contribution in [1.29, 1.82) is 0 Å². The number of hydrogen-bond donors (Lipinski definition) is 0. The summed E-state index contributed by atoms with van der Waals surface area (Å²) in [6.07, 6.45) is 24.8. The van der Waals surface area contributed by atoms with Crippen LogP contribution < -0.4 is 0 Å². The van der Waals surface area contributed by atoms with Crippen LogP contribution in [0.2, 0.25) is 0 Å². The average molecular weight is 1130 g/mol. The second-order valence-corrected chi connectivity index (χ2v) is 20.1. The Morgan fingerprint density at radius 1 is 0.262 bits per heavy atom. The van der Waals surface area contributed by atoms with Gasteiger partial charge in [0.25, 0.3) is 0 Å². The minimum Gasteiger partial charge on any atom is -0.462 e. The van der Waals surface area contributed by atoms with Gasteiger partial charge in [-0.3, -0.25) is 0 Å². The summed E-state index contributed by atoms with van der Waals surface area (Å²) >= 11 is 0. The van der Waals surface area contributed by atoms with Crippen molar-refractivity contribution in [2.24, 2.45) is 0 Å². The molecule has 0 aliphatic carbocycles. The van der Waals surface area contributed by atoms with Crippen molar-refractivity contribution in [3.8, 4) is 94.7 Å². The number of fused-ring (bicyclic) bond motifs is 8. The van der Waals surface area contributed by atoms with Gasteiger partial charge < -0.3 is 18.9 Å². The Labute approximate surface area is 499 Å². The second kappa shape index (κ2) is 40.2. The van der Waals surface area contributed by atoms with E-state index in [4.69, 9.17) is 18.9 Å². The molecule has 0 radical (unpaired) electrons. The number of esters is 4. The molecule has 432 valence electrons. The molecule has 0 aromatic carbocycles. The van der Waals surface area contributed by atoms with Gasteiger partial charge >= 0.3 is 23.9 Å². The summed E-state index contributed by atoms with van der Waals surface area (Å²) in [6.45, 7) is 9.68. The Balaban J connectivity index is 1.57. The van der Waals surface area contributed by atoms with Gasteiger partial charge in [0.1, 0.15) is 45.6 Å². The molecular formula is C72H76N4O8. The zero-order valence-corrected chi connectivity index (χ0v) is 49.5. The van der Waals surface area contributed by atoms with Crippen molar-refractivity contribution in [2.75, 3.05) is 26.4 Å². The smallest absolute Gasteiger partial charge is 0.338 e. The van der Waals surface area contributed by atoms with Gasteiger partial charge in [-0.1, -0.05) is 156 Å². The maximum Gasteiger partial charge on any atom is 0.338 e. The number of pyridine rings is 4. The van der Waals surface area contributed by atoms with Crippen molar-refractivity contribution < 1.29 is 38.1 Å². The van der Waals surface area contributed by atoms with E-state index >= 15 is 0 Å². The maximum atomic E-state index is 13.4. The average Bonchev–Trinajstić information content (AvgIpc) is 3.68. The fourth-order valence-corrected chi connectivity index (χ4v) is 8.39. The van der Waals surface area contributed by atoms with Crippen LogP contribution in [0.1, 0.15) is 269 Å². The van der Waals surface area contributed by atoms with Crippen LogP contribution in [0.25, 0.3) is 0 Å². The lowest BCUT2D eigenvalue weighted by Crippen LogP contribution is -2.08. The summed E-state index contributed by atoms with van der Waals surface area (Å²) in [6, 6.07) is 12.0. The van der Waals surface area contributed by atoms with E-state index in [1.54, 1.807) is 0 Å². The molecule has 5 heterocycles. The van der Waals surface area contributed by atoms with Gasteiger partial charge in [0.05, 0.1) is 48.7 Å². The molecule has 0 unspecified atom stereocenters. The van der Waals surface area contributed by atoms with Gasteiger partial charge in [0, 0.05) is 0 Å². The SMILES string of the molecule is CCCCCCCCOC(=O)c1cc2nc(c1)C#CC#Cc1cc(C(=O)OCCCCCCCC)cc(n1)C#CC#Cc1cc(C(=O)OCCCCCCCC)cc(n1)C#CC#Cc1cc(C(=O)OCCCCCCCC)cc(n1)C#CC#C2. The molecule has 8 bridgehead atoms. The number of nitrogens with zero attached hydrogens (tertiary/aromatic N) is 4. The molecule has 0 amide bonds. The van der Waals surface area contributed by atoms with E-state index in [0.29, 0.717) is 0 Å². The van der Waals surface area contributed by atoms with Crippen LogP contribution in [0.5, 0.6) is 0 Å². The molecule has 4 aromatic rings. The summed E-state index contributed by atoms with van der Waals surface area (Å²) in [5.41, 5.74) is 2.25. The molecule has 1 aliphatic heterocycles. The standard InChI is InChI=1S/C72H76N4O8/c1-5-9-13-17-21-33-45-81-69(77)57-49-61-37-25-27-39-63-51-58(70(78)82-46-34-22-18-14-10-6-2)53-65(74-63)41-29-31-43-67-55-60(72(80)84-48-36-24-20-16-12-8-4)56-68(76-67)44-32-30-42-66-54-59(71(79)83-47-35-23-19-15-11-7-3)52-64(75-66)40-28-26-38-62(50-57)73-61/h49-56H,5-24,33-36,45-48H2,1-4H3. The summed E-state index contributed by atoms with van der Waals surface area (Å²) in [5, 5.41) is 0. The molecule has 5 rings (SSSR count). The monoisotopic (exact) mass is 1120 g/mol. The number of carbonyl (C=O) groups is 4. The topological polar surface area (TPSA) is 157 Å². The highest BCUT2D eigenvalue weighted by molar-refractivity contribution is 5.92. The van der Waals surface area contributed by atoms with E-state index in [-0.39, 0.29) is 94.2 Å². The van der Waals surface area contributed by atoms with Crippen LogP contribution in [-0.4, -0.2) is 70.2 Å². The van der Waals surface area contributed by atoms with Crippen molar-refractivity contribution in [3.63, 3.8) is 0 Å². The number of aromatic nitrogens is 4. The molecule has 84 heavy (non-hydrogen) atoms. The Kier molecular flexibility index (Phi) is 31.5. The number of carbonyl (C=O) groups excluding carboxylic acids is 4. The quantitative estimate of drug-likeness (QED) is 0.0198. The van der Waals surface area contributed by atoms with Crippen molar-refractivity contribution in [3.05, 3.63) is 116 Å². The first-order valence-electron chi connectivity index (χ1n) is 30.0. The Bertz CT molecular complexity index is 2810. The lowest BCUT2D eigenvalue weighted by atomic mass is 10.1. The van der Waals surface area contributed by atoms with E-state index in [1.165, 1.54) is 74.2 Å². The number of unbranched alkanes of at least 4 members (excludes halogenated alkanes) is 20. The number of hydrogen-bond acceptors (Lipinski definition) is 12. The molecule has 12 nitrogen and oxygen atoms in total. The summed E-state index contributed by atoms with van der Waals surface area (Å²) in [4.78, 5) is 72.0. The third kappa shape index (κ3) is 26.7. The maximum absolute atomic E-state index is 13.4. The van der Waals surface area contributed by atoms with Crippen molar-refractivity contribution in [1.82, 2.24) is 19.9 Å². The number of ether oxygens (including phenoxy) is 4. The molecule has 1 aliphatic rings. The van der Waals surface area contributed by atoms with Gasteiger partial charge in [-0.05, 0) is 169 Å². The molecule has 12 heteroatoms. The van der Waals surface area contributed by atoms with Crippen LogP contribution >= 0.6 is 0 Å². The molecule has 0 saturated heterocycles. The highest BCUT2D eigenvalue weighted by Crippen LogP contribution is 2.15. The van der Waals surface area contributed by atoms with Crippen LogP contribution in [0, 0.1) is 94.7 Å². The van der Waals surface area contributed by atoms with Gasteiger partial charge in [0.2, 0.25) is 0 Å². The third-order valence-corrected chi connectivity index (χ3v) is 12.9. The minimum atomic E-state index is -0.557. The summed E-state index contributed by atoms with van der Waals surface area (Å²) < 4.78 is 22.6. The zero-order chi connectivity index (χ0) is 59.7. The van der Waals surface area contributed by atoms with Crippen LogP contribution in [0.4, 0.5) is 0 Å². The van der Waals surface area contributed by atoms with Crippen LogP contribution in [0.3, 0.4) is 0 Å². The fraction of sp³-hybridized carbons (Fsp3) is 0.444. The van der Waals surface area contributed by atoms with E-state index < -0.39 is 23.9 Å². The molecule has 0 spiro atoms. The molecular weight excluding hydrogens is 1050 g/mol. The van der Waals surface area contributed by atoms with Gasteiger partial charge in [-0.2, -0.15) is 0 Å². The lowest BCUT2D eigenvalue weighted by Gasteiger charge is -2.06. The van der Waals surface area contributed by atoms with Crippen LogP contribution in [0.15, 0.2) is 48.5 Å². The predicted octanol–water partition coefficient (Wildman–Crippen LogP) is 13.3. The minimum absolute atomic E-state index is 0.186. The second-order valence-electron chi connectivity index (χ2n) is 20.1. The van der Waals surface area contributed by atoms with Gasteiger partial charge in [0.15, 0.2) is 0 Å². The van der Waals surface area contributed by atoms with Crippen LogP contribution in [-0.2, 0) is 18.9 Å². The highest BCUT2D eigenvalue weighted by atomic mass is 16.5. The number of rotatable bonds is 32. The third-order valence-electron chi connectivity index (χ3n) is 12.9. The van der Waals surface area contributed by atoms with E-state index in [0.717, 1.165) is 128 Å². The van der Waals surface area contributed by atoms with Crippen molar-refractivity contribution >= 4 is 23.9 Å². The lowest BCUT2D eigenvalue weighted by molar-refractivity contribution is 0.0488. The Morgan fingerprint density at radius 3 is 0.583 bits per heavy atom. The summed E-state index contributed by atoms with van der Waals surface area (Å²) in [5.74, 6) is 43.3. The molecule has 0 N–H and O–H groups in total. The molecule has 0 fully saturated rings. The first-order valence-corrected chi connectivity index (χ1v) is 30.0. The summed E-state index contributed by atoms with van der Waals surface area (Å²) in [7, 11) is 0. The first kappa shape index (κ1) is 65.8. The van der Waals surface area contributed by atoms with Gasteiger partial charge in [-0.25, -0.2) is 39.1 Å². The normalized spacial score (nSPS) is 10.7. The molecule has 0 saturated carbocycles. The predicted molar refractivity (Wildman–Crippen MR) is 327 cm³/mol. The van der Waals surface area contributed by atoms with E-state index in [9.17, 15) is 19.2 Å². The molecule has 0 atom stereocenters. The Hall–Kier alpha value is -9.04. The largest absolute Gasteiger partial charge is 0.462 e. The first-order chi connectivity index (χ1) is 41.2. The van der Waals surface area contributed by atoms with E-state index in [1.807, 2.05) is 0 Å². The molecule has 4 aromatic heterocycles. The highest BCUT2D eigenvalue weighted by Gasteiger charge is 2.15. The van der Waals surface area contributed by atoms with Crippen molar-refractivity contribution in [2.45, 2.75) is 182 Å². The Morgan fingerprint density at radius 2 is 0.417 bits per heavy atom. The zero-order valence-electron chi connectivity index (χ0n) is 49.5. The van der Waals surface area contributed by atoms with Gasteiger partial charge in [-0.15, -0.1) is 0 Å². The fourth-order valence-electron chi connectivity index (χ4n) is 8.39.